The molecule has 100 valence electrons. The van der Waals surface area contributed by atoms with Crippen molar-refractivity contribution < 1.29 is 9.13 Å². The van der Waals surface area contributed by atoms with Crippen molar-refractivity contribution >= 4 is 33.5 Å². The van der Waals surface area contributed by atoms with Crippen molar-refractivity contribution in [1.29, 1.82) is 0 Å². The number of nitrogens with zero attached hydrogens (tertiary/aromatic N) is 2. The molecule has 8 heteroatoms. The van der Waals surface area contributed by atoms with Crippen molar-refractivity contribution in [3.05, 3.63) is 39.2 Å². The maximum Gasteiger partial charge on any atom is 0.240 e. The van der Waals surface area contributed by atoms with Crippen molar-refractivity contribution in [2.75, 3.05) is 5.43 Å². The predicted molar refractivity (Wildman–Crippen MR) is 73.8 cm³/mol. The Hall–Kier alpha value is -1.44. The lowest BCUT2D eigenvalue weighted by Crippen LogP contribution is -2.11. The lowest BCUT2D eigenvalue weighted by atomic mass is 10.3. The monoisotopic (exact) mass is 346 g/mol. The topological polar surface area (TPSA) is 73.1 Å². The number of nitrogens with two attached hydrogens (primary N) is 1. The van der Waals surface area contributed by atoms with Gasteiger partial charge in [0.05, 0.1) is 9.50 Å². The fourth-order valence-corrected chi connectivity index (χ4v) is 1.96. The van der Waals surface area contributed by atoms with Gasteiger partial charge in [-0.1, -0.05) is 11.6 Å². The molecule has 5 nitrogen and oxygen atoms in total. The molecule has 0 aliphatic carbocycles. The molecule has 0 bridgehead atoms. The molecule has 0 radical (unpaired) electrons. The average molecular weight is 348 g/mol. The summed E-state index contributed by atoms with van der Waals surface area (Å²) in [5.74, 6) is 5.32. The molecule has 0 saturated heterocycles. The van der Waals surface area contributed by atoms with Gasteiger partial charge in [-0.05, 0) is 28.9 Å². The van der Waals surface area contributed by atoms with E-state index >= 15 is 0 Å². The van der Waals surface area contributed by atoms with Crippen LogP contribution in [0.15, 0.2) is 22.8 Å². The van der Waals surface area contributed by atoms with E-state index in [4.69, 9.17) is 22.2 Å². The number of anilines is 1. The van der Waals surface area contributed by atoms with Crippen LogP contribution in [0.1, 0.15) is 5.56 Å². The number of nitrogens with one attached hydrogen (secondary N) is 1. The molecule has 0 atom stereocenters. The van der Waals surface area contributed by atoms with Crippen LogP contribution in [0, 0.1) is 12.7 Å². The van der Waals surface area contributed by atoms with Crippen LogP contribution in [0.2, 0.25) is 5.02 Å². The third-order valence-corrected chi connectivity index (χ3v) is 3.14. The number of halogens is 3. The minimum absolute atomic E-state index is 0.159. The van der Waals surface area contributed by atoms with Gasteiger partial charge in [0.15, 0.2) is 5.75 Å². The molecular weight excluding hydrogens is 339 g/mol. The maximum atomic E-state index is 13.5. The Morgan fingerprint density at radius 3 is 2.89 bits per heavy atom. The normalized spacial score (nSPS) is 10.4. The Morgan fingerprint density at radius 1 is 1.47 bits per heavy atom. The number of nitrogen functional groups attached to an aromatic ring is 1. The SMILES string of the molecule is Cc1cnc(NN)nc1Oc1cc(F)c(Br)cc1Cl. The second-order valence-corrected chi connectivity index (χ2v) is 4.89. The molecule has 0 amide bonds. The molecule has 0 saturated carbocycles. The van der Waals surface area contributed by atoms with Gasteiger partial charge >= 0.3 is 0 Å². The average Bonchev–Trinajstić information content (AvgIpc) is 2.38. The third-order valence-electron chi connectivity index (χ3n) is 2.24. The van der Waals surface area contributed by atoms with Gasteiger partial charge in [0.25, 0.3) is 0 Å². The maximum absolute atomic E-state index is 13.5. The number of hydrogen-bond acceptors (Lipinski definition) is 5. The molecule has 2 aromatic rings. The summed E-state index contributed by atoms with van der Waals surface area (Å²) in [4.78, 5) is 7.93. The molecule has 0 unspecified atom stereocenters. The largest absolute Gasteiger partial charge is 0.437 e. The van der Waals surface area contributed by atoms with Crippen LogP contribution in [0.3, 0.4) is 0 Å². The van der Waals surface area contributed by atoms with Gasteiger partial charge < -0.3 is 4.74 Å². The minimum atomic E-state index is -0.483. The lowest BCUT2D eigenvalue weighted by molar-refractivity contribution is 0.453. The number of ether oxygens (including phenoxy) is 1. The molecule has 3 N–H and O–H groups in total. The van der Waals surface area contributed by atoms with Crippen molar-refractivity contribution in [2.45, 2.75) is 6.92 Å². The summed E-state index contributed by atoms with van der Waals surface area (Å²) in [6, 6.07) is 2.58. The Balaban J connectivity index is 2.38. The van der Waals surface area contributed by atoms with Gasteiger partial charge in [0, 0.05) is 17.8 Å². The first-order valence-corrected chi connectivity index (χ1v) is 6.31. The Morgan fingerprint density at radius 2 is 2.21 bits per heavy atom. The number of rotatable bonds is 3. The summed E-state index contributed by atoms with van der Waals surface area (Å²) in [6.45, 7) is 1.75. The number of aromatic nitrogens is 2. The first-order chi connectivity index (χ1) is 9.01. The molecule has 0 fully saturated rings. The number of hydrazine groups is 1. The van der Waals surface area contributed by atoms with Crippen LogP contribution in [0.4, 0.5) is 10.3 Å². The van der Waals surface area contributed by atoms with Crippen LogP contribution in [0.25, 0.3) is 0 Å². The smallest absolute Gasteiger partial charge is 0.240 e. The molecule has 19 heavy (non-hydrogen) atoms. The van der Waals surface area contributed by atoms with E-state index in [-0.39, 0.29) is 27.1 Å². The minimum Gasteiger partial charge on any atom is -0.437 e. The summed E-state index contributed by atoms with van der Waals surface area (Å²) in [5.41, 5.74) is 2.96. The highest BCUT2D eigenvalue weighted by Crippen LogP contribution is 2.34. The molecule has 0 aliphatic rings. The lowest BCUT2D eigenvalue weighted by Gasteiger charge is -2.10. The highest BCUT2D eigenvalue weighted by Gasteiger charge is 2.12. The molecule has 0 spiro atoms. The van der Waals surface area contributed by atoms with Gasteiger partial charge in [-0.2, -0.15) is 4.98 Å². The molecule has 1 heterocycles. The van der Waals surface area contributed by atoms with Gasteiger partial charge in [0.2, 0.25) is 11.8 Å². The molecule has 1 aromatic carbocycles. The first kappa shape index (κ1) is 14.0. The summed E-state index contributed by atoms with van der Waals surface area (Å²) in [6.07, 6.45) is 1.53. The molecule has 2 rings (SSSR count). The standard InChI is InChI=1S/C11H9BrClFN4O/c1-5-4-16-11(18-15)17-10(5)19-9-3-8(14)6(12)2-7(9)13/h2-4H,15H2,1H3,(H,16,17,18). The van der Waals surface area contributed by atoms with Crippen LogP contribution in [-0.2, 0) is 0 Å². The number of benzene rings is 1. The molecule has 0 aliphatic heterocycles. The van der Waals surface area contributed by atoms with Crippen molar-refractivity contribution in [2.24, 2.45) is 5.84 Å². The van der Waals surface area contributed by atoms with Crippen molar-refractivity contribution in [3.8, 4) is 11.6 Å². The predicted octanol–water partition coefficient (Wildman–Crippen LogP) is 3.42. The second kappa shape index (κ2) is 5.68. The van der Waals surface area contributed by atoms with E-state index in [1.54, 1.807) is 6.92 Å². The second-order valence-electron chi connectivity index (χ2n) is 3.62. The van der Waals surface area contributed by atoms with Crippen molar-refractivity contribution in [3.63, 3.8) is 0 Å². The van der Waals surface area contributed by atoms with Crippen LogP contribution in [0.5, 0.6) is 11.6 Å². The van der Waals surface area contributed by atoms with Gasteiger partial charge in [-0.15, -0.1) is 0 Å². The number of aryl methyl sites for hydroxylation is 1. The first-order valence-electron chi connectivity index (χ1n) is 5.14. The van der Waals surface area contributed by atoms with Gasteiger partial charge in [-0.3, -0.25) is 5.43 Å². The van der Waals surface area contributed by atoms with Crippen molar-refractivity contribution in [1.82, 2.24) is 9.97 Å². The fraction of sp³-hybridized carbons (Fsp3) is 0.0909. The third kappa shape index (κ3) is 3.12. The summed E-state index contributed by atoms with van der Waals surface area (Å²) in [7, 11) is 0. The Bertz CT molecular complexity index is 626. The van der Waals surface area contributed by atoms with Crippen LogP contribution >= 0.6 is 27.5 Å². The summed E-state index contributed by atoms with van der Waals surface area (Å²) < 4.78 is 19.2. The van der Waals surface area contributed by atoms with Gasteiger partial charge in [0.1, 0.15) is 5.82 Å². The zero-order valence-electron chi connectivity index (χ0n) is 9.75. The highest BCUT2D eigenvalue weighted by molar-refractivity contribution is 9.10. The Kier molecular flexibility index (Phi) is 4.18. The van der Waals surface area contributed by atoms with Gasteiger partial charge in [-0.25, -0.2) is 15.2 Å². The fourth-order valence-electron chi connectivity index (χ4n) is 1.29. The quantitative estimate of drug-likeness (QED) is 0.506. The summed E-state index contributed by atoms with van der Waals surface area (Å²) >= 11 is 9.01. The van der Waals surface area contributed by atoms with E-state index in [0.29, 0.717) is 5.56 Å². The Labute approximate surface area is 122 Å². The molecule has 1 aromatic heterocycles. The molecular formula is C11H9BrClFN4O. The van der Waals surface area contributed by atoms with E-state index < -0.39 is 5.82 Å². The summed E-state index contributed by atoms with van der Waals surface area (Å²) in [5, 5.41) is 0.258. The van der Waals surface area contributed by atoms with E-state index in [2.05, 4.69) is 31.3 Å². The van der Waals surface area contributed by atoms with E-state index in [1.165, 1.54) is 18.3 Å². The van der Waals surface area contributed by atoms with Crippen LogP contribution < -0.4 is 16.0 Å². The van der Waals surface area contributed by atoms with E-state index in [9.17, 15) is 4.39 Å². The zero-order valence-corrected chi connectivity index (χ0v) is 12.1. The number of hydrogen-bond donors (Lipinski definition) is 2. The van der Waals surface area contributed by atoms with Crippen LogP contribution in [-0.4, -0.2) is 9.97 Å². The highest BCUT2D eigenvalue weighted by atomic mass is 79.9. The van der Waals surface area contributed by atoms with E-state index in [0.717, 1.165) is 0 Å². The van der Waals surface area contributed by atoms with E-state index in [1.807, 2.05) is 0 Å². The zero-order chi connectivity index (χ0) is 14.0.